The molecule has 25 heavy (non-hydrogen) atoms. The van der Waals surface area contributed by atoms with Crippen LogP contribution in [0.15, 0.2) is 60.8 Å². The summed E-state index contributed by atoms with van der Waals surface area (Å²) >= 11 is 0. The Labute approximate surface area is 148 Å². The number of nitrogens with one attached hydrogen (secondary N) is 1. The van der Waals surface area contributed by atoms with Crippen molar-refractivity contribution >= 4 is 11.6 Å². The van der Waals surface area contributed by atoms with Gasteiger partial charge in [-0.05, 0) is 61.7 Å². The molecular formula is C22H22N2O. The van der Waals surface area contributed by atoms with Gasteiger partial charge < -0.3 is 5.32 Å². The second kappa shape index (κ2) is 7.31. The van der Waals surface area contributed by atoms with Gasteiger partial charge in [0.25, 0.3) is 0 Å². The summed E-state index contributed by atoms with van der Waals surface area (Å²) in [4.78, 5) is 16.5. The summed E-state index contributed by atoms with van der Waals surface area (Å²) in [5, 5.41) is 2.97. The van der Waals surface area contributed by atoms with Gasteiger partial charge in [0.15, 0.2) is 0 Å². The first-order valence-corrected chi connectivity index (χ1v) is 8.40. The Balaban J connectivity index is 1.67. The first-order valence-electron chi connectivity index (χ1n) is 8.40. The van der Waals surface area contributed by atoms with Crippen LogP contribution in [-0.4, -0.2) is 10.9 Å². The fraction of sp³-hybridized carbons (Fsp3) is 0.182. The molecule has 0 aliphatic heterocycles. The van der Waals surface area contributed by atoms with Crippen molar-refractivity contribution in [2.75, 3.05) is 5.32 Å². The van der Waals surface area contributed by atoms with Crippen molar-refractivity contribution in [3.8, 4) is 11.1 Å². The molecule has 1 aromatic heterocycles. The summed E-state index contributed by atoms with van der Waals surface area (Å²) < 4.78 is 0. The highest BCUT2D eigenvalue weighted by atomic mass is 16.1. The summed E-state index contributed by atoms with van der Waals surface area (Å²) in [6.45, 7) is 6.08. The van der Waals surface area contributed by atoms with Crippen LogP contribution in [-0.2, 0) is 11.2 Å². The maximum Gasteiger partial charge on any atom is 0.228 e. The minimum atomic E-state index is -0.00231. The molecule has 3 nitrogen and oxygen atoms in total. The lowest BCUT2D eigenvalue weighted by molar-refractivity contribution is -0.115. The van der Waals surface area contributed by atoms with Crippen LogP contribution < -0.4 is 5.32 Å². The molecule has 1 amide bonds. The Morgan fingerprint density at radius 1 is 0.880 bits per heavy atom. The van der Waals surface area contributed by atoms with Crippen molar-refractivity contribution in [2.45, 2.75) is 27.2 Å². The molecule has 1 N–H and O–H groups in total. The van der Waals surface area contributed by atoms with E-state index in [2.05, 4.69) is 28.5 Å². The zero-order chi connectivity index (χ0) is 17.8. The van der Waals surface area contributed by atoms with Crippen LogP contribution in [0.25, 0.3) is 11.1 Å². The second-order valence-electron chi connectivity index (χ2n) is 6.48. The highest BCUT2D eigenvalue weighted by Gasteiger charge is 2.06. The quantitative estimate of drug-likeness (QED) is 0.742. The number of anilines is 1. The minimum Gasteiger partial charge on any atom is -0.326 e. The molecule has 3 heteroatoms. The monoisotopic (exact) mass is 330 g/mol. The van der Waals surface area contributed by atoms with Gasteiger partial charge in [-0.1, -0.05) is 41.5 Å². The fourth-order valence-electron chi connectivity index (χ4n) is 3.03. The maximum atomic E-state index is 12.3. The summed E-state index contributed by atoms with van der Waals surface area (Å²) in [5.41, 5.74) is 7.43. The third-order valence-corrected chi connectivity index (χ3v) is 4.04. The van der Waals surface area contributed by atoms with E-state index in [0.29, 0.717) is 6.42 Å². The van der Waals surface area contributed by atoms with Crippen LogP contribution in [0.5, 0.6) is 0 Å². The molecule has 3 aromatic rings. The summed E-state index contributed by atoms with van der Waals surface area (Å²) in [6, 6.07) is 18.2. The first kappa shape index (κ1) is 16.9. The molecule has 0 atom stereocenters. The summed E-state index contributed by atoms with van der Waals surface area (Å²) in [5.74, 6) is -0.00231. The van der Waals surface area contributed by atoms with E-state index in [9.17, 15) is 4.79 Å². The lowest BCUT2D eigenvalue weighted by atomic mass is 10.0. The standard InChI is InChI=1S/C22H22N2O/c1-15-10-16(2)12-18(11-15)14-22(25)24-21-6-4-19(5-7-21)20-8-9-23-17(3)13-20/h4-13H,14H2,1-3H3,(H,24,25). The highest BCUT2D eigenvalue weighted by Crippen LogP contribution is 2.21. The molecule has 0 radical (unpaired) electrons. The number of carbonyl (C=O) groups excluding carboxylic acids is 1. The largest absolute Gasteiger partial charge is 0.326 e. The van der Waals surface area contributed by atoms with E-state index in [0.717, 1.165) is 28.1 Å². The molecule has 0 spiro atoms. The molecule has 1 heterocycles. The predicted molar refractivity (Wildman–Crippen MR) is 103 cm³/mol. The average molecular weight is 330 g/mol. The Morgan fingerprint density at radius 3 is 2.20 bits per heavy atom. The third-order valence-electron chi connectivity index (χ3n) is 4.04. The van der Waals surface area contributed by atoms with Crippen molar-refractivity contribution in [3.05, 3.63) is 83.2 Å². The Bertz CT molecular complexity index is 878. The van der Waals surface area contributed by atoms with E-state index >= 15 is 0 Å². The molecule has 126 valence electrons. The van der Waals surface area contributed by atoms with E-state index in [1.807, 2.05) is 63.4 Å². The Kier molecular flexibility index (Phi) is 4.94. The van der Waals surface area contributed by atoms with Gasteiger partial charge in [-0.2, -0.15) is 0 Å². The molecule has 0 aliphatic rings. The molecule has 0 saturated carbocycles. The lowest BCUT2D eigenvalue weighted by Crippen LogP contribution is -2.14. The summed E-state index contributed by atoms with van der Waals surface area (Å²) in [6.07, 6.45) is 2.19. The molecule has 3 rings (SSSR count). The van der Waals surface area contributed by atoms with E-state index in [4.69, 9.17) is 0 Å². The number of aromatic nitrogens is 1. The number of hydrogen-bond donors (Lipinski definition) is 1. The van der Waals surface area contributed by atoms with E-state index in [-0.39, 0.29) is 5.91 Å². The zero-order valence-electron chi connectivity index (χ0n) is 14.8. The topological polar surface area (TPSA) is 42.0 Å². The number of amides is 1. The van der Waals surface area contributed by atoms with Crippen LogP contribution in [0.1, 0.15) is 22.4 Å². The number of rotatable bonds is 4. The Morgan fingerprint density at radius 2 is 1.56 bits per heavy atom. The van der Waals surface area contributed by atoms with Crippen molar-refractivity contribution in [3.63, 3.8) is 0 Å². The van der Waals surface area contributed by atoms with Crippen molar-refractivity contribution in [1.29, 1.82) is 0 Å². The van der Waals surface area contributed by atoms with E-state index in [1.165, 1.54) is 11.1 Å². The van der Waals surface area contributed by atoms with Gasteiger partial charge in [0.05, 0.1) is 6.42 Å². The van der Waals surface area contributed by atoms with E-state index in [1.54, 1.807) is 0 Å². The molecule has 0 saturated heterocycles. The number of nitrogens with zero attached hydrogens (tertiary/aromatic N) is 1. The molecule has 2 aromatic carbocycles. The van der Waals surface area contributed by atoms with Gasteiger partial charge in [0, 0.05) is 17.6 Å². The molecular weight excluding hydrogens is 308 g/mol. The highest BCUT2D eigenvalue weighted by molar-refractivity contribution is 5.92. The van der Waals surface area contributed by atoms with Crippen molar-refractivity contribution < 1.29 is 4.79 Å². The first-order chi connectivity index (χ1) is 12.0. The van der Waals surface area contributed by atoms with Gasteiger partial charge in [0.1, 0.15) is 0 Å². The number of carbonyl (C=O) groups is 1. The average Bonchev–Trinajstić information content (AvgIpc) is 2.54. The van der Waals surface area contributed by atoms with Gasteiger partial charge >= 0.3 is 0 Å². The molecule has 0 aliphatic carbocycles. The molecule has 0 bridgehead atoms. The van der Waals surface area contributed by atoms with Gasteiger partial charge in [0.2, 0.25) is 5.91 Å². The number of benzene rings is 2. The van der Waals surface area contributed by atoms with Crippen LogP contribution in [0.3, 0.4) is 0 Å². The van der Waals surface area contributed by atoms with Gasteiger partial charge in [-0.15, -0.1) is 0 Å². The van der Waals surface area contributed by atoms with E-state index < -0.39 is 0 Å². The van der Waals surface area contributed by atoms with Crippen LogP contribution in [0.2, 0.25) is 0 Å². The normalized spacial score (nSPS) is 10.5. The predicted octanol–water partition coefficient (Wildman–Crippen LogP) is 4.86. The maximum absolute atomic E-state index is 12.3. The SMILES string of the molecule is Cc1cc(C)cc(CC(=O)Nc2ccc(-c3ccnc(C)c3)cc2)c1. The van der Waals surface area contributed by atoms with Crippen LogP contribution >= 0.6 is 0 Å². The number of hydrogen-bond acceptors (Lipinski definition) is 2. The zero-order valence-corrected chi connectivity index (χ0v) is 14.8. The minimum absolute atomic E-state index is 0.00231. The number of pyridine rings is 1. The van der Waals surface area contributed by atoms with Gasteiger partial charge in [-0.25, -0.2) is 0 Å². The van der Waals surface area contributed by atoms with Crippen LogP contribution in [0.4, 0.5) is 5.69 Å². The second-order valence-corrected chi connectivity index (χ2v) is 6.48. The fourth-order valence-corrected chi connectivity index (χ4v) is 3.03. The Hall–Kier alpha value is -2.94. The lowest BCUT2D eigenvalue weighted by Gasteiger charge is -2.08. The van der Waals surface area contributed by atoms with Gasteiger partial charge in [-0.3, -0.25) is 9.78 Å². The smallest absolute Gasteiger partial charge is 0.228 e. The van der Waals surface area contributed by atoms with Crippen LogP contribution in [0, 0.1) is 20.8 Å². The van der Waals surface area contributed by atoms with Crippen molar-refractivity contribution in [1.82, 2.24) is 4.98 Å². The molecule has 0 fully saturated rings. The third kappa shape index (κ3) is 4.54. The van der Waals surface area contributed by atoms with Crippen molar-refractivity contribution in [2.24, 2.45) is 0 Å². The summed E-state index contributed by atoms with van der Waals surface area (Å²) in [7, 11) is 0. The number of aryl methyl sites for hydroxylation is 3. The molecule has 0 unspecified atom stereocenters.